The first-order valence-electron chi connectivity index (χ1n) is 10.5. The Hall–Kier alpha value is -3.49. The summed E-state index contributed by atoms with van der Waals surface area (Å²) < 4.78 is 1.58. The van der Waals surface area contributed by atoms with E-state index < -0.39 is 0 Å². The monoisotopic (exact) mass is 414 g/mol. The number of benzene rings is 2. The molecule has 0 amide bonds. The summed E-state index contributed by atoms with van der Waals surface area (Å²) in [6.45, 7) is 5.45. The van der Waals surface area contributed by atoms with Gasteiger partial charge in [-0.05, 0) is 36.2 Å². The largest absolute Gasteiger partial charge is 0.368 e. The summed E-state index contributed by atoms with van der Waals surface area (Å²) in [7, 11) is 2.18. The lowest BCUT2D eigenvalue weighted by molar-refractivity contribution is 0.148. The number of anilines is 3. The lowest BCUT2D eigenvalue weighted by Gasteiger charge is -2.32. The fourth-order valence-corrected chi connectivity index (χ4v) is 3.89. The molecule has 0 spiro atoms. The molecule has 3 heterocycles. The van der Waals surface area contributed by atoms with Crippen LogP contribution in [0.5, 0.6) is 0 Å². The zero-order valence-electron chi connectivity index (χ0n) is 17.6. The van der Waals surface area contributed by atoms with Crippen LogP contribution >= 0.6 is 0 Å². The Morgan fingerprint density at radius 1 is 0.968 bits per heavy atom. The molecule has 0 radical (unpaired) electrons. The van der Waals surface area contributed by atoms with E-state index in [0.717, 1.165) is 49.2 Å². The minimum atomic E-state index is 0.290. The van der Waals surface area contributed by atoms with Crippen molar-refractivity contribution in [2.24, 2.45) is 0 Å². The molecule has 3 N–H and O–H groups in total. The lowest BCUT2D eigenvalue weighted by Crippen LogP contribution is -2.43. The molecule has 0 aliphatic carbocycles. The van der Waals surface area contributed by atoms with Crippen molar-refractivity contribution in [3.8, 4) is 5.82 Å². The van der Waals surface area contributed by atoms with Gasteiger partial charge in [0, 0.05) is 50.0 Å². The van der Waals surface area contributed by atoms with E-state index >= 15 is 0 Å². The molecule has 4 aromatic rings. The molecule has 1 saturated heterocycles. The van der Waals surface area contributed by atoms with Crippen LogP contribution in [-0.4, -0.2) is 62.8 Å². The van der Waals surface area contributed by atoms with Crippen molar-refractivity contribution in [2.45, 2.75) is 6.54 Å². The minimum absolute atomic E-state index is 0.290. The molecule has 8 heteroatoms. The van der Waals surface area contributed by atoms with Gasteiger partial charge in [0.2, 0.25) is 11.9 Å². The number of hydrogen-bond acceptors (Lipinski definition) is 7. The molecule has 0 saturated carbocycles. The van der Waals surface area contributed by atoms with Crippen molar-refractivity contribution in [1.29, 1.82) is 0 Å². The number of nitrogen functional groups attached to an aromatic ring is 1. The molecule has 31 heavy (non-hydrogen) atoms. The van der Waals surface area contributed by atoms with Crippen LogP contribution in [-0.2, 0) is 6.54 Å². The topological polar surface area (TPSA) is 88.1 Å². The van der Waals surface area contributed by atoms with Crippen LogP contribution < -0.4 is 11.1 Å². The average molecular weight is 415 g/mol. The van der Waals surface area contributed by atoms with Gasteiger partial charge in [0.15, 0.2) is 5.82 Å². The summed E-state index contributed by atoms with van der Waals surface area (Å²) in [4.78, 5) is 13.7. The highest BCUT2D eigenvalue weighted by molar-refractivity contribution is 5.88. The number of hydrogen-bond donors (Lipinski definition) is 2. The van der Waals surface area contributed by atoms with Gasteiger partial charge in [-0.15, -0.1) is 5.10 Å². The summed E-state index contributed by atoms with van der Waals surface area (Å²) >= 11 is 0. The number of likely N-dealkylation sites (N-methyl/N-ethyl adjacent to an activating group) is 1. The normalized spacial score (nSPS) is 15.4. The first-order chi connectivity index (χ1) is 15.2. The van der Waals surface area contributed by atoms with Gasteiger partial charge in [-0.3, -0.25) is 4.90 Å². The first-order valence-corrected chi connectivity index (χ1v) is 10.5. The third-order valence-corrected chi connectivity index (χ3v) is 5.70. The second-order valence-corrected chi connectivity index (χ2v) is 7.96. The summed E-state index contributed by atoms with van der Waals surface area (Å²) in [5, 5.41) is 9.84. The maximum Gasteiger partial charge on any atom is 0.248 e. The smallest absolute Gasteiger partial charge is 0.248 e. The quantitative estimate of drug-likeness (QED) is 0.519. The third-order valence-electron chi connectivity index (χ3n) is 5.70. The zero-order valence-corrected chi connectivity index (χ0v) is 17.6. The molecule has 1 aliphatic heterocycles. The average Bonchev–Trinajstić information content (AvgIpc) is 3.16. The predicted molar refractivity (Wildman–Crippen MR) is 124 cm³/mol. The SMILES string of the molecule is CN1CCN(Cc2ccc(Nc3nc(N)n(-c4nccc5ccccc45)n3)cc2)CC1. The van der Waals surface area contributed by atoms with Crippen molar-refractivity contribution >= 4 is 28.4 Å². The summed E-state index contributed by atoms with van der Waals surface area (Å²) in [6.07, 6.45) is 1.75. The highest BCUT2D eigenvalue weighted by atomic mass is 15.4. The third kappa shape index (κ3) is 4.21. The highest BCUT2D eigenvalue weighted by Crippen LogP contribution is 2.23. The molecular weight excluding hydrogens is 388 g/mol. The first kappa shape index (κ1) is 19.5. The standard InChI is InChI=1S/C23H26N8/c1-29-12-14-30(15-13-29)16-17-6-8-19(9-7-17)26-23-27-22(24)31(28-23)21-20-5-3-2-4-18(20)10-11-25-21/h2-11H,12-16H2,1H3,(H3,24,26,27,28). The molecule has 2 aromatic heterocycles. The number of nitrogens with zero attached hydrogens (tertiary/aromatic N) is 6. The molecule has 8 nitrogen and oxygen atoms in total. The number of fused-ring (bicyclic) bond motifs is 1. The number of pyridine rings is 1. The second kappa shape index (κ2) is 8.33. The number of nitrogens with two attached hydrogens (primary N) is 1. The number of aromatic nitrogens is 4. The van der Waals surface area contributed by atoms with E-state index in [0.29, 0.717) is 11.8 Å². The van der Waals surface area contributed by atoms with E-state index in [9.17, 15) is 0 Å². The summed E-state index contributed by atoms with van der Waals surface area (Å²) in [5.41, 5.74) is 8.38. The van der Waals surface area contributed by atoms with Crippen molar-refractivity contribution in [3.05, 3.63) is 66.4 Å². The Labute approximate surface area is 181 Å². The molecule has 1 aliphatic rings. The molecule has 1 fully saturated rings. The van der Waals surface area contributed by atoms with Crippen molar-refractivity contribution < 1.29 is 0 Å². The Kier molecular flexibility index (Phi) is 5.23. The Morgan fingerprint density at radius 3 is 2.55 bits per heavy atom. The molecule has 0 bridgehead atoms. The van der Waals surface area contributed by atoms with Gasteiger partial charge in [0.05, 0.1) is 0 Å². The predicted octanol–water partition coefficient (Wildman–Crippen LogP) is 2.89. The van der Waals surface area contributed by atoms with Gasteiger partial charge >= 0.3 is 0 Å². The van der Waals surface area contributed by atoms with Gasteiger partial charge in [-0.1, -0.05) is 36.4 Å². The van der Waals surface area contributed by atoms with E-state index in [4.69, 9.17) is 5.73 Å². The Balaban J connectivity index is 1.31. The van der Waals surface area contributed by atoms with Gasteiger partial charge in [0.25, 0.3) is 0 Å². The van der Waals surface area contributed by atoms with Crippen LogP contribution in [0.25, 0.3) is 16.6 Å². The van der Waals surface area contributed by atoms with Crippen LogP contribution in [0, 0.1) is 0 Å². The fourth-order valence-electron chi connectivity index (χ4n) is 3.89. The number of rotatable bonds is 5. The fraction of sp³-hybridized carbons (Fsp3) is 0.261. The Bertz CT molecular complexity index is 1170. The van der Waals surface area contributed by atoms with E-state index in [1.165, 1.54) is 5.56 Å². The van der Waals surface area contributed by atoms with E-state index in [1.54, 1.807) is 10.9 Å². The van der Waals surface area contributed by atoms with E-state index in [-0.39, 0.29) is 5.95 Å². The van der Waals surface area contributed by atoms with Crippen LogP contribution in [0.3, 0.4) is 0 Å². The molecule has 0 atom stereocenters. The van der Waals surface area contributed by atoms with Crippen LogP contribution in [0.2, 0.25) is 0 Å². The van der Waals surface area contributed by atoms with Crippen LogP contribution in [0.4, 0.5) is 17.6 Å². The maximum absolute atomic E-state index is 6.16. The van der Waals surface area contributed by atoms with Gasteiger partial charge in [-0.25, -0.2) is 4.98 Å². The molecule has 2 aromatic carbocycles. The van der Waals surface area contributed by atoms with E-state index in [2.05, 4.69) is 61.5 Å². The molecule has 5 rings (SSSR count). The van der Waals surface area contributed by atoms with Gasteiger partial charge < -0.3 is 16.0 Å². The molecule has 158 valence electrons. The molecular formula is C23H26N8. The summed E-state index contributed by atoms with van der Waals surface area (Å²) in [6, 6.07) is 18.4. The van der Waals surface area contributed by atoms with Gasteiger partial charge in [0.1, 0.15) is 0 Å². The minimum Gasteiger partial charge on any atom is -0.368 e. The van der Waals surface area contributed by atoms with E-state index in [1.807, 2.05) is 30.3 Å². The van der Waals surface area contributed by atoms with Crippen molar-refractivity contribution in [1.82, 2.24) is 29.5 Å². The van der Waals surface area contributed by atoms with Crippen molar-refractivity contribution in [3.63, 3.8) is 0 Å². The van der Waals surface area contributed by atoms with Crippen LogP contribution in [0.1, 0.15) is 5.56 Å². The Morgan fingerprint density at radius 2 is 1.74 bits per heavy atom. The zero-order chi connectivity index (χ0) is 21.2. The number of nitrogens with one attached hydrogen (secondary N) is 1. The van der Waals surface area contributed by atoms with Crippen LogP contribution in [0.15, 0.2) is 60.8 Å². The highest BCUT2D eigenvalue weighted by Gasteiger charge is 2.15. The summed E-state index contributed by atoms with van der Waals surface area (Å²) in [5.74, 6) is 1.40. The van der Waals surface area contributed by atoms with Crippen molar-refractivity contribution in [2.75, 3.05) is 44.3 Å². The number of piperazine rings is 1. The molecule has 0 unspecified atom stereocenters. The maximum atomic E-state index is 6.16. The second-order valence-electron chi connectivity index (χ2n) is 7.96. The lowest BCUT2D eigenvalue weighted by atomic mass is 10.1. The van der Waals surface area contributed by atoms with Gasteiger partial charge in [-0.2, -0.15) is 9.67 Å².